The summed E-state index contributed by atoms with van der Waals surface area (Å²) < 4.78 is 4.92. The van der Waals surface area contributed by atoms with Gasteiger partial charge in [-0.25, -0.2) is 4.79 Å². The fraction of sp³-hybridized carbons (Fsp3) is 0.462. The average molecular weight is 280 g/mol. The van der Waals surface area contributed by atoms with Crippen molar-refractivity contribution in [1.82, 2.24) is 0 Å². The second kappa shape index (κ2) is 7.32. The number of ether oxygens (including phenoxy) is 1. The maximum atomic E-state index is 11.5. The van der Waals surface area contributed by atoms with Crippen LogP contribution in [0.15, 0.2) is 29.4 Å². The number of carbonyl (C=O) groups is 1. The van der Waals surface area contributed by atoms with Gasteiger partial charge < -0.3 is 4.74 Å². The zero-order chi connectivity index (χ0) is 15.1. The Bertz CT molecular complexity index is 484. The van der Waals surface area contributed by atoms with Gasteiger partial charge in [-0.1, -0.05) is 17.3 Å². The SMILES string of the molecule is CC(C)OC(=O)C(CCc1ccc([N+](=O)[O-])cc1)N=O. The van der Waals surface area contributed by atoms with Crippen molar-refractivity contribution in [2.24, 2.45) is 5.18 Å². The molecule has 7 nitrogen and oxygen atoms in total. The molecule has 1 atom stereocenters. The van der Waals surface area contributed by atoms with Gasteiger partial charge in [0.25, 0.3) is 5.69 Å². The summed E-state index contributed by atoms with van der Waals surface area (Å²) >= 11 is 0. The van der Waals surface area contributed by atoms with Crippen LogP contribution in [0.3, 0.4) is 0 Å². The van der Waals surface area contributed by atoms with Crippen molar-refractivity contribution in [2.45, 2.75) is 38.8 Å². The highest BCUT2D eigenvalue weighted by Crippen LogP contribution is 2.15. The Kier molecular flexibility index (Phi) is 5.76. The van der Waals surface area contributed by atoms with Crippen molar-refractivity contribution in [2.75, 3.05) is 0 Å². The molecule has 0 amide bonds. The fourth-order valence-corrected chi connectivity index (χ4v) is 1.61. The minimum atomic E-state index is -1.05. The smallest absolute Gasteiger partial charge is 0.334 e. The number of nitroso groups, excluding NO2 is 1. The third kappa shape index (κ3) is 4.75. The average Bonchev–Trinajstić information content (AvgIpc) is 2.39. The highest BCUT2D eigenvalue weighted by atomic mass is 16.6. The van der Waals surface area contributed by atoms with E-state index in [0.717, 1.165) is 5.56 Å². The van der Waals surface area contributed by atoms with E-state index in [9.17, 15) is 19.8 Å². The van der Waals surface area contributed by atoms with Crippen LogP contribution in [0.4, 0.5) is 5.69 Å². The van der Waals surface area contributed by atoms with Crippen LogP contribution < -0.4 is 0 Å². The van der Waals surface area contributed by atoms with Crippen LogP contribution in [-0.2, 0) is 16.0 Å². The van der Waals surface area contributed by atoms with E-state index in [1.165, 1.54) is 12.1 Å². The Hall–Kier alpha value is -2.31. The van der Waals surface area contributed by atoms with Gasteiger partial charge in [0.05, 0.1) is 11.0 Å². The first-order valence-electron chi connectivity index (χ1n) is 6.20. The Labute approximate surface area is 116 Å². The lowest BCUT2D eigenvalue weighted by Crippen LogP contribution is -2.24. The minimum Gasteiger partial charge on any atom is -0.461 e. The lowest BCUT2D eigenvalue weighted by Gasteiger charge is -2.11. The predicted octanol–water partition coefficient (Wildman–Crippen LogP) is 2.61. The number of non-ortho nitro benzene ring substituents is 1. The zero-order valence-electron chi connectivity index (χ0n) is 11.3. The highest BCUT2D eigenvalue weighted by Gasteiger charge is 2.21. The van der Waals surface area contributed by atoms with E-state index in [2.05, 4.69) is 5.18 Å². The Balaban J connectivity index is 2.58. The van der Waals surface area contributed by atoms with E-state index in [1.54, 1.807) is 26.0 Å². The molecule has 0 aliphatic heterocycles. The molecular formula is C13H16N2O5. The van der Waals surface area contributed by atoms with E-state index in [1.807, 2.05) is 0 Å². The van der Waals surface area contributed by atoms with Gasteiger partial charge in [-0.2, -0.15) is 0 Å². The molecule has 0 heterocycles. The van der Waals surface area contributed by atoms with Gasteiger partial charge in [0, 0.05) is 12.1 Å². The first kappa shape index (κ1) is 15.7. The standard InChI is InChI=1S/C13H16N2O5/c1-9(2)20-13(16)12(14-17)8-5-10-3-6-11(7-4-10)15(18)19/h3-4,6-7,9,12H,5,8H2,1-2H3. The summed E-state index contributed by atoms with van der Waals surface area (Å²) in [5.74, 6) is -0.642. The van der Waals surface area contributed by atoms with Crippen molar-refractivity contribution in [1.29, 1.82) is 0 Å². The number of rotatable bonds is 7. The maximum Gasteiger partial charge on any atom is 0.334 e. The molecule has 1 rings (SSSR count). The van der Waals surface area contributed by atoms with Crippen molar-refractivity contribution in [3.05, 3.63) is 44.9 Å². The molecule has 1 unspecified atom stereocenters. The van der Waals surface area contributed by atoms with Crippen LogP contribution in [0.1, 0.15) is 25.8 Å². The van der Waals surface area contributed by atoms with Crippen molar-refractivity contribution in [3.8, 4) is 0 Å². The topological polar surface area (TPSA) is 98.9 Å². The maximum absolute atomic E-state index is 11.5. The monoisotopic (exact) mass is 280 g/mol. The highest BCUT2D eigenvalue weighted by molar-refractivity contribution is 5.76. The molecule has 20 heavy (non-hydrogen) atoms. The van der Waals surface area contributed by atoms with Gasteiger partial charge in [-0.05, 0) is 32.3 Å². The van der Waals surface area contributed by atoms with E-state index < -0.39 is 16.9 Å². The molecule has 0 saturated heterocycles. The van der Waals surface area contributed by atoms with Gasteiger partial charge in [-0.15, -0.1) is 4.91 Å². The molecule has 1 aromatic rings. The first-order chi connectivity index (χ1) is 9.43. The molecule has 0 spiro atoms. The number of nitro benzene ring substituents is 1. The molecule has 0 aliphatic carbocycles. The summed E-state index contributed by atoms with van der Waals surface area (Å²) in [5.41, 5.74) is 0.791. The molecule has 108 valence electrons. The summed E-state index contributed by atoms with van der Waals surface area (Å²) in [5, 5.41) is 13.3. The summed E-state index contributed by atoms with van der Waals surface area (Å²) in [6, 6.07) is 4.89. The normalized spacial score (nSPS) is 11.9. The third-order valence-corrected chi connectivity index (χ3v) is 2.60. The molecule has 0 aliphatic rings. The summed E-state index contributed by atoms with van der Waals surface area (Å²) in [6.45, 7) is 3.38. The van der Waals surface area contributed by atoms with Gasteiger partial charge in [-0.3, -0.25) is 10.1 Å². The summed E-state index contributed by atoms with van der Waals surface area (Å²) in [4.78, 5) is 32.2. The van der Waals surface area contributed by atoms with Gasteiger partial charge in [0.1, 0.15) is 0 Å². The molecule has 0 N–H and O–H groups in total. The second-order valence-corrected chi connectivity index (χ2v) is 4.57. The lowest BCUT2D eigenvalue weighted by molar-refractivity contribution is -0.384. The molecule has 1 aromatic carbocycles. The largest absolute Gasteiger partial charge is 0.461 e. The number of benzene rings is 1. The third-order valence-electron chi connectivity index (χ3n) is 2.60. The van der Waals surface area contributed by atoms with Gasteiger partial charge >= 0.3 is 5.97 Å². The molecule has 7 heteroatoms. The molecule has 0 saturated carbocycles. The number of esters is 1. The van der Waals surface area contributed by atoms with Gasteiger partial charge in [0.2, 0.25) is 0 Å². The van der Waals surface area contributed by atoms with E-state index in [4.69, 9.17) is 4.74 Å². The number of nitro groups is 1. The van der Waals surface area contributed by atoms with Crippen LogP contribution in [-0.4, -0.2) is 23.0 Å². The van der Waals surface area contributed by atoms with Crippen molar-refractivity contribution in [3.63, 3.8) is 0 Å². The Morgan fingerprint density at radius 2 is 1.95 bits per heavy atom. The predicted molar refractivity (Wildman–Crippen MR) is 72.2 cm³/mol. The number of hydrogen-bond donors (Lipinski definition) is 0. The molecule has 0 bridgehead atoms. The van der Waals surface area contributed by atoms with Crippen LogP contribution in [0, 0.1) is 15.0 Å². The Morgan fingerprint density at radius 3 is 2.40 bits per heavy atom. The molecule has 0 aromatic heterocycles. The number of hydrogen-bond acceptors (Lipinski definition) is 6. The number of aryl methyl sites for hydroxylation is 1. The molecule has 0 fully saturated rings. The fourth-order valence-electron chi connectivity index (χ4n) is 1.61. The lowest BCUT2D eigenvalue weighted by atomic mass is 10.1. The quantitative estimate of drug-likeness (QED) is 0.331. The Morgan fingerprint density at radius 1 is 1.35 bits per heavy atom. The summed E-state index contributed by atoms with van der Waals surface area (Å²) in [7, 11) is 0. The van der Waals surface area contributed by atoms with Crippen LogP contribution in [0.25, 0.3) is 0 Å². The van der Waals surface area contributed by atoms with Gasteiger partial charge in [0.15, 0.2) is 6.04 Å². The van der Waals surface area contributed by atoms with Crippen LogP contribution in [0.2, 0.25) is 0 Å². The first-order valence-corrected chi connectivity index (χ1v) is 6.20. The number of nitrogens with zero attached hydrogens (tertiary/aromatic N) is 2. The van der Waals surface area contributed by atoms with E-state index >= 15 is 0 Å². The van der Waals surface area contributed by atoms with E-state index in [-0.39, 0.29) is 18.2 Å². The molecular weight excluding hydrogens is 264 g/mol. The van der Waals surface area contributed by atoms with Crippen LogP contribution in [0.5, 0.6) is 0 Å². The molecule has 0 radical (unpaired) electrons. The minimum absolute atomic E-state index is 0.00182. The second-order valence-electron chi connectivity index (χ2n) is 4.57. The van der Waals surface area contributed by atoms with Crippen molar-refractivity contribution >= 4 is 11.7 Å². The zero-order valence-corrected chi connectivity index (χ0v) is 11.3. The van der Waals surface area contributed by atoms with Crippen LogP contribution >= 0.6 is 0 Å². The summed E-state index contributed by atoms with van der Waals surface area (Å²) in [6.07, 6.45) is 0.334. The van der Waals surface area contributed by atoms with Crippen molar-refractivity contribution < 1.29 is 14.5 Å². The number of carbonyl (C=O) groups excluding carboxylic acids is 1. The van der Waals surface area contributed by atoms with E-state index in [0.29, 0.717) is 6.42 Å².